The molecule has 0 bridgehead atoms. The normalized spacial score (nSPS) is 22.0. The summed E-state index contributed by atoms with van der Waals surface area (Å²) in [4.78, 5) is 27.2. The molecule has 8 nitrogen and oxygen atoms in total. The number of rotatable bonds is 6. The van der Waals surface area contributed by atoms with Crippen molar-refractivity contribution in [3.63, 3.8) is 0 Å². The number of hydrogen-bond donors (Lipinski definition) is 4. The Balaban J connectivity index is 1.17. The highest BCUT2D eigenvalue weighted by atomic mass is 19.1. The van der Waals surface area contributed by atoms with Crippen molar-refractivity contribution in [2.24, 2.45) is 5.92 Å². The lowest BCUT2D eigenvalue weighted by atomic mass is 9.91. The van der Waals surface area contributed by atoms with Gasteiger partial charge in [-0.3, -0.25) is 4.79 Å². The molecule has 2 aromatic rings. The van der Waals surface area contributed by atoms with Crippen molar-refractivity contribution in [1.29, 1.82) is 0 Å². The van der Waals surface area contributed by atoms with Gasteiger partial charge in [-0.25, -0.2) is 9.18 Å². The predicted molar refractivity (Wildman–Crippen MR) is 156 cm³/mol. The fourth-order valence-corrected chi connectivity index (χ4v) is 5.36. The molecule has 1 saturated carbocycles. The standard InChI is InChI=1S/C32H32FN5O3/c1-18-30(27-14-19(4-10-28(27)35-18)21-13-24(17-34-16-21)37-32(40)38(2)3)31(39)36-23-7-11-29(26-15-20(26)12-23)41-25-8-5-22(33)6-9-25/h4-14,17-18,20,30,34-35H,15-16H2,1-3H3,(H,36,39)(H,37,40)/t18-,20?,30?/m1/s1. The van der Waals surface area contributed by atoms with E-state index in [-0.39, 0.29) is 35.6 Å². The zero-order valence-corrected chi connectivity index (χ0v) is 23.1. The number of ether oxygens (including phenoxy) is 1. The van der Waals surface area contributed by atoms with Crippen LogP contribution >= 0.6 is 0 Å². The minimum Gasteiger partial charge on any atom is -0.457 e. The molecule has 0 saturated heterocycles. The van der Waals surface area contributed by atoms with Crippen molar-refractivity contribution in [2.45, 2.75) is 25.3 Å². The lowest BCUT2D eigenvalue weighted by Crippen LogP contribution is -2.35. The minimum absolute atomic E-state index is 0.0866. The Hall–Kier alpha value is -4.79. The maximum absolute atomic E-state index is 13.7. The molecule has 2 aromatic carbocycles. The molecule has 2 heterocycles. The number of halogens is 1. The van der Waals surface area contributed by atoms with E-state index < -0.39 is 0 Å². The van der Waals surface area contributed by atoms with Crippen LogP contribution in [0.2, 0.25) is 0 Å². The van der Waals surface area contributed by atoms with Crippen LogP contribution in [0.3, 0.4) is 0 Å². The second kappa shape index (κ2) is 10.6. The molecule has 210 valence electrons. The summed E-state index contributed by atoms with van der Waals surface area (Å²) in [5.74, 6) is 0.725. The lowest BCUT2D eigenvalue weighted by molar-refractivity contribution is -0.121. The summed E-state index contributed by atoms with van der Waals surface area (Å²) in [6, 6.07) is 11.8. The van der Waals surface area contributed by atoms with Gasteiger partial charge in [-0.1, -0.05) is 12.1 Å². The number of carbonyl (C=O) groups is 2. The van der Waals surface area contributed by atoms with E-state index in [0.29, 0.717) is 18.0 Å². The number of dihydropyridines is 1. The molecule has 4 N–H and O–H groups in total. The Bertz CT molecular complexity index is 1570. The molecule has 2 unspecified atom stereocenters. The Morgan fingerprint density at radius 2 is 1.85 bits per heavy atom. The summed E-state index contributed by atoms with van der Waals surface area (Å²) in [5.41, 5.74) is 6.44. The average Bonchev–Trinajstić information content (AvgIpc) is 3.65. The molecule has 0 radical (unpaired) electrons. The molecular weight excluding hydrogens is 521 g/mol. The van der Waals surface area contributed by atoms with E-state index in [0.717, 1.165) is 45.8 Å². The van der Waals surface area contributed by atoms with Gasteiger partial charge < -0.3 is 30.9 Å². The van der Waals surface area contributed by atoms with Crippen molar-refractivity contribution in [2.75, 3.05) is 26.0 Å². The summed E-state index contributed by atoms with van der Waals surface area (Å²) in [6.07, 6.45) is 10.4. The van der Waals surface area contributed by atoms with Crippen LogP contribution in [-0.4, -0.2) is 43.5 Å². The van der Waals surface area contributed by atoms with Crippen LogP contribution in [0.4, 0.5) is 14.9 Å². The van der Waals surface area contributed by atoms with Crippen LogP contribution in [0.25, 0.3) is 5.57 Å². The fourth-order valence-electron chi connectivity index (χ4n) is 5.36. The number of hydrogen-bond acceptors (Lipinski definition) is 5. The largest absolute Gasteiger partial charge is 0.457 e. The lowest BCUT2D eigenvalue weighted by Gasteiger charge is -2.20. The fraction of sp³-hybridized carbons (Fsp3) is 0.250. The summed E-state index contributed by atoms with van der Waals surface area (Å²) in [6.45, 7) is 2.62. The Morgan fingerprint density at radius 3 is 2.63 bits per heavy atom. The third kappa shape index (κ3) is 5.61. The number of nitrogens with zero attached hydrogens (tertiary/aromatic N) is 1. The van der Waals surface area contributed by atoms with Crippen molar-refractivity contribution in [1.82, 2.24) is 20.9 Å². The SMILES string of the molecule is C[C@H]1Nc2ccc(C3=CC(NC(=O)N(C)C)=CNC3)cc2C1C(=O)NC1=CC2CC2=C(Oc2ccc(F)cc2)C=C1. The van der Waals surface area contributed by atoms with Gasteiger partial charge in [0, 0.05) is 50.2 Å². The van der Waals surface area contributed by atoms with Crippen molar-refractivity contribution in [3.05, 3.63) is 113 Å². The quantitative estimate of drug-likeness (QED) is 0.415. The second-order valence-electron chi connectivity index (χ2n) is 10.9. The van der Waals surface area contributed by atoms with Gasteiger partial charge in [0.05, 0.1) is 11.6 Å². The van der Waals surface area contributed by atoms with Crippen LogP contribution < -0.4 is 26.0 Å². The number of nitrogens with one attached hydrogen (secondary N) is 4. The molecule has 2 aliphatic carbocycles. The molecule has 4 aliphatic rings. The minimum atomic E-state index is -0.385. The summed E-state index contributed by atoms with van der Waals surface area (Å²) in [7, 11) is 3.39. The molecule has 0 aromatic heterocycles. The average molecular weight is 554 g/mol. The van der Waals surface area contributed by atoms with E-state index in [4.69, 9.17) is 4.74 Å². The highest BCUT2D eigenvalue weighted by Gasteiger charge is 2.37. The maximum Gasteiger partial charge on any atom is 0.321 e. The monoisotopic (exact) mass is 553 g/mol. The van der Waals surface area contributed by atoms with Gasteiger partial charge in [0.1, 0.15) is 17.3 Å². The first-order valence-electron chi connectivity index (χ1n) is 13.7. The molecule has 0 spiro atoms. The van der Waals surface area contributed by atoms with Gasteiger partial charge >= 0.3 is 6.03 Å². The summed E-state index contributed by atoms with van der Waals surface area (Å²) in [5, 5.41) is 12.7. The number of benzene rings is 2. The second-order valence-corrected chi connectivity index (χ2v) is 10.9. The van der Waals surface area contributed by atoms with Crippen LogP contribution in [0.15, 0.2) is 95.7 Å². The van der Waals surface area contributed by atoms with Crippen LogP contribution in [-0.2, 0) is 4.79 Å². The molecule has 3 atom stereocenters. The third-order valence-electron chi connectivity index (χ3n) is 7.61. The molecule has 3 amide bonds. The first kappa shape index (κ1) is 26.4. The third-order valence-corrected chi connectivity index (χ3v) is 7.61. The molecule has 6 rings (SSSR count). The van der Waals surface area contributed by atoms with E-state index in [9.17, 15) is 14.0 Å². The van der Waals surface area contributed by atoms with Gasteiger partial charge in [0.2, 0.25) is 5.91 Å². The van der Waals surface area contributed by atoms with E-state index in [2.05, 4.69) is 33.4 Å². The van der Waals surface area contributed by atoms with Crippen LogP contribution in [0.1, 0.15) is 30.4 Å². The van der Waals surface area contributed by atoms with Crippen LogP contribution in [0, 0.1) is 11.7 Å². The van der Waals surface area contributed by atoms with Gasteiger partial charge in [-0.2, -0.15) is 0 Å². The van der Waals surface area contributed by atoms with E-state index in [1.807, 2.05) is 37.3 Å². The first-order valence-corrected chi connectivity index (χ1v) is 13.7. The van der Waals surface area contributed by atoms with E-state index in [1.165, 1.54) is 17.0 Å². The van der Waals surface area contributed by atoms with Gasteiger partial charge in [0.25, 0.3) is 0 Å². The number of anilines is 1. The summed E-state index contributed by atoms with van der Waals surface area (Å²) < 4.78 is 19.3. The Morgan fingerprint density at radius 1 is 1.05 bits per heavy atom. The zero-order valence-electron chi connectivity index (χ0n) is 23.1. The number of amides is 3. The number of allylic oxidation sites excluding steroid dienone is 5. The zero-order chi connectivity index (χ0) is 28.7. The molecule has 1 fully saturated rings. The number of urea groups is 1. The number of carbonyl (C=O) groups excluding carboxylic acids is 2. The van der Waals surface area contributed by atoms with Crippen molar-refractivity contribution >= 4 is 23.2 Å². The molecule has 9 heteroatoms. The smallest absolute Gasteiger partial charge is 0.321 e. The van der Waals surface area contributed by atoms with Gasteiger partial charge in [-0.15, -0.1) is 0 Å². The Kier molecular flexibility index (Phi) is 6.86. The highest BCUT2D eigenvalue weighted by molar-refractivity contribution is 5.91. The number of fused-ring (bicyclic) bond motifs is 2. The topological polar surface area (TPSA) is 94.7 Å². The van der Waals surface area contributed by atoms with Crippen LogP contribution in [0.5, 0.6) is 5.75 Å². The molecule has 2 aliphatic heterocycles. The Labute approximate surface area is 238 Å². The summed E-state index contributed by atoms with van der Waals surface area (Å²) >= 11 is 0. The van der Waals surface area contributed by atoms with Crippen molar-refractivity contribution in [3.8, 4) is 5.75 Å². The highest BCUT2D eigenvalue weighted by Crippen LogP contribution is 2.44. The van der Waals surface area contributed by atoms with E-state index >= 15 is 0 Å². The van der Waals surface area contributed by atoms with Crippen molar-refractivity contribution < 1.29 is 18.7 Å². The van der Waals surface area contributed by atoms with E-state index in [1.54, 1.807) is 32.4 Å². The first-order chi connectivity index (χ1) is 19.7. The van der Waals surface area contributed by atoms with Gasteiger partial charge in [-0.05, 0) is 90.2 Å². The maximum atomic E-state index is 13.7. The molecule has 41 heavy (non-hydrogen) atoms. The van der Waals surface area contributed by atoms with Gasteiger partial charge in [0.15, 0.2) is 0 Å². The molecular formula is C32H32FN5O3. The predicted octanol–water partition coefficient (Wildman–Crippen LogP) is 4.75.